The zero-order valence-electron chi connectivity index (χ0n) is 10.0. The van der Waals surface area contributed by atoms with Crippen LogP contribution in [-0.4, -0.2) is 37.5 Å². The van der Waals surface area contributed by atoms with E-state index in [-0.39, 0.29) is 0 Å². The van der Waals surface area contributed by atoms with E-state index in [4.69, 9.17) is 10.8 Å². The van der Waals surface area contributed by atoms with Crippen molar-refractivity contribution in [1.82, 2.24) is 25.1 Å². The van der Waals surface area contributed by atoms with Gasteiger partial charge >= 0.3 is 6.09 Å². The highest BCUT2D eigenvalue weighted by Gasteiger charge is 2.12. The first kappa shape index (κ1) is 13.8. The number of aryl methyl sites for hydroxylation is 1. The Morgan fingerprint density at radius 3 is 3.00 bits per heavy atom. The van der Waals surface area contributed by atoms with Gasteiger partial charge in [-0.2, -0.15) is 5.10 Å². The maximum atomic E-state index is 10.3. The standard InChI is InChI=1S/C10H13IN6O2/c11-7-6-8(12)14-5-15-9(6)17(16-7)4-2-1-3-13-10(18)19/h5,13H,1-4H2,(H,18,19)(H2,12,14,15). The Morgan fingerprint density at radius 2 is 2.26 bits per heavy atom. The van der Waals surface area contributed by atoms with Crippen LogP contribution >= 0.6 is 22.6 Å². The summed E-state index contributed by atoms with van der Waals surface area (Å²) >= 11 is 2.10. The molecule has 9 heteroatoms. The minimum absolute atomic E-state index is 0.424. The van der Waals surface area contributed by atoms with Crippen molar-refractivity contribution in [2.24, 2.45) is 0 Å². The Morgan fingerprint density at radius 1 is 1.47 bits per heavy atom. The summed E-state index contributed by atoms with van der Waals surface area (Å²) in [5.41, 5.74) is 6.51. The number of nitrogens with two attached hydrogens (primary N) is 1. The lowest BCUT2D eigenvalue weighted by Gasteiger charge is -2.03. The predicted octanol–water partition coefficient (Wildman–Crippen LogP) is 1.06. The number of carbonyl (C=O) groups is 1. The molecular formula is C10H13IN6O2. The monoisotopic (exact) mass is 376 g/mol. The smallest absolute Gasteiger partial charge is 0.404 e. The lowest BCUT2D eigenvalue weighted by molar-refractivity contribution is 0.194. The fourth-order valence-electron chi connectivity index (χ4n) is 1.72. The third kappa shape index (κ3) is 3.22. The van der Waals surface area contributed by atoms with Crippen molar-refractivity contribution in [1.29, 1.82) is 0 Å². The molecule has 0 aliphatic heterocycles. The zero-order chi connectivity index (χ0) is 13.8. The van der Waals surface area contributed by atoms with Crippen molar-refractivity contribution in [3.63, 3.8) is 0 Å². The summed E-state index contributed by atoms with van der Waals surface area (Å²) in [5.74, 6) is 0.424. The Balaban J connectivity index is 2.01. The van der Waals surface area contributed by atoms with Crippen LogP contribution in [0.2, 0.25) is 0 Å². The third-order valence-corrected chi connectivity index (χ3v) is 3.34. The van der Waals surface area contributed by atoms with Gasteiger partial charge in [-0.25, -0.2) is 19.4 Å². The lowest BCUT2D eigenvalue weighted by atomic mass is 10.3. The number of anilines is 1. The van der Waals surface area contributed by atoms with E-state index in [2.05, 4.69) is 43.0 Å². The molecule has 2 heterocycles. The summed E-state index contributed by atoms with van der Waals surface area (Å²) in [6, 6.07) is 0. The summed E-state index contributed by atoms with van der Waals surface area (Å²) in [7, 11) is 0. The van der Waals surface area contributed by atoms with Gasteiger partial charge in [0.2, 0.25) is 0 Å². The van der Waals surface area contributed by atoms with E-state index in [1.165, 1.54) is 6.33 Å². The summed E-state index contributed by atoms with van der Waals surface area (Å²) in [4.78, 5) is 18.4. The van der Waals surface area contributed by atoms with Gasteiger partial charge in [-0.1, -0.05) is 0 Å². The minimum Gasteiger partial charge on any atom is -0.465 e. The number of unbranched alkanes of at least 4 members (excludes halogenated alkanes) is 1. The number of nitrogens with one attached hydrogen (secondary N) is 1. The van der Waals surface area contributed by atoms with Gasteiger partial charge in [-0.05, 0) is 35.4 Å². The first-order valence-electron chi connectivity index (χ1n) is 5.69. The molecule has 2 rings (SSSR count). The average Bonchev–Trinajstić information content (AvgIpc) is 2.67. The highest BCUT2D eigenvalue weighted by molar-refractivity contribution is 14.1. The van der Waals surface area contributed by atoms with Crippen molar-refractivity contribution in [3.05, 3.63) is 10.0 Å². The maximum absolute atomic E-state index is 10.3. The SMILES string of the molecule is Nc1ncnc2c1c(I)nn2CCCCNC(=O)O. The minimum atomic E-state index is -1.00. The van der Waals surface area contributed by atoms with E-state index in [9.17, 15) is 4.79 Å². The third-order valence-electron chi connectivity index (χ3n) is 2.59. The van der Waals surface area contributed by atoms with Gasteiger partial charge in [0.1, 0.15) is 15.8 Å². The van der Waals surface area contributed by atoms with Gasteiger partial charge in [0.15, 0.2) is 5.65 Å². The van der Waals surface area contributed by atoms with E-state index in [0.717, 1.165) is 21.9 Å². The topological polar surface area (TPSA) is 119 Å². The van der Waals surface area contributed by atoms with Gasteiger partial charge in [0, 0.05) is 13.1 Å². The fraction of sp³-hybridized carbons (Fsp3) is 0.400. The first-order chi connectivity index (χ1) is 9.09. The molecule has 8 nitrogen and oxygen atoms in total. The number of hydrogen-bond donors (Lipinski definition) is 3. The molecular weight excluding hydrogens is 363 g/mol. The molecule has 0 aliphatic carbocycles. The number of fused-ring (bicyclic) bond motifs is 1. The van der Waals surface area contributed by atoms with Crippen LogP contribution in [0.3, 0.4) is 0 Å². The van der Waals surface area contributed by atoms with E-state index in [0.29, 0.717) is 24.6 Å². The number of aromatic nitrogens is 4. The summed E-state index contributed by atoms with van der Waals surface area (Å²) < 4.78 is 2.55. The first-order valence-corrected chi connectivity index (χ1v) is 6.76. The second kappa shape index (κ2) is 5.99. The number of rotatable bonds is 5. The second-order valence-corrected chi connectivity index (χ2v) is 4.93. The van der Waals surface area contributed by atoms with Gasteiger partial charge in [-0.3, -0.25) is 0 Å². The molecule has 0 aromatic carbocycles. The van der Waals surface area contributed by atoms with E-state index < -0.39 is 6.09 Å². The molecule has 0 saturated heterocycles. The van der Waals surface area contributed by atoms with Crippen LogP contribution in [0, 0.1) is 3.70 Å². The summed E-state index contributed by atoms with van der Waals surface area (Å²) in [5, 5.41) is 15.9. The maximum Gasteiger partial charge on any atom is 0.404 e. The molecule has 2 aromatic rings. The number of nitrogens with zero attached hydrogens (tertiary/aromatic N) is 4. The predicted molar refractivity (Wildman–Crippen MR) is 77.7 cm³/mol. The highest BCUT2D eigenvalue weighted by atomic mass is 127. The van der Waals surface area contributed by atoms with Crippen molar-refractivity contribution in [2.45, 2.75) is 19.4 Å². The van der Waals surface area contributed by atoms with Gasteiger partial charge < -0.3 is 16.2 Å². The van der Waals surface area contributed by atoms with E-state index in [1.807, 2.05) is 0 Å². The van der Waals surface area contributed by atoms with Gasteiger partial charge in [0.25, 0.3) is 0 Å². The van der Waals surface area contributed by atoms with Crippen molar-refractivity contribution in [3.8, 4) is 0 Å². The lowest BCUT2D eigenvalue weighted by Crippen LogP contribution is -2.22. The Bertz CT molecular complexity index is 599. The Kier molecular flexibility index (Phi) is 4.35. The van der Waals surface area contributed by atoms with Crippen LogP contribution in [-0.2, 0) is 6.54 Å². The quantitative estimate of drug-likeness (QED) is 0.531. The van der Waals surface area contributed by atoms with Crippen LogP contribution in [0.25, 0.3) is 11.0 Å². The normalized spacial score (nSPS) is 10.8. The molecule has 4 N–H and O–H groups in total. The molecule has 1 amide bonds. The van der Waals surface area contributed by atoms with Crippen molar-refractivity contribution in [2.75, 3.05) is 12.3 Å². The average molecular weight is 376 g/mol. The molecule has 19 heavy (non-hydrogen) atoms. The summed E-state index contributed by atoms with van der Waals surface area (Å²) in [6.07, 6.45) is 1.96. The largest absolute Gasteiger partial charge is 0.465 e. The summed E-state index contributed by atoms with van der Waals surface area (Å²) in [6.45, 7) is 1.10. The molecule has 0 bridgehead atoms. The molecule has 0 fully saturated rings. The van der Waals surface area contributed by atoms with E-state index >= 15 is 0 Å². The highest BCUT2D eigenvalue weighted by Crippen LogP contribution is 2.22. The molecule has 0 saturated carbocycles. The van der Waals surface area contributed by atoms with Crippen molar-refractivity contribution >= 4 is 45.5 Å². The van der Waals surface area contributed by atoms with Gasteiger partial charge in [0.05, 0.1) is 5.39 Å². The Hall–Kier alpha value is -1.65. The Labute approximate surface area is 122 Å². The van der Waals surface area contributed by atoms with Crippen molar-refractivity contribution < 1.29 is 9.90 Å². The molecule has 0 aliphatic rings. The molecule has 2 aromatic heterocycles. The van der Waals surface area contributed by atoms with Gasteiger partial charge in [-0.15, -0.1) is 0 Å². The van der Waals surface area contributed by atoms with Crippen LogP contribution in [0.5, 0.6) is 0 Å². The van der Waals surface area contributed by atoms with Crippen LogP contribution in [0.15, 0.2) is 6.33 Å². The van der Waals surface area contributed by atoms with E-state index in [1.54, 1.807) is 4.68 Å². The fourth-order valence-corrected chi connectivity index (χ4v) is 2.50. The number of halogens is 1. The molecule has 0 atom stereocenters. The number of amides is 1. The second-order valence-electron chi connectivity index (χ2n) is 3.91. The molecule has 0 spiro atoms. The molecule has 0 unspecified atom stereocenters. The number of hydrogen-bond acceptors (Lipinski definition) is 5. The molecule has 0 radical (unpaired) electrons. The number of nitrogen functional groups attached to an aromatic ring is 1. The van der Waals surface area contributed by atoms with Crippen LogP contribution < -0.4 is 11.1 Å². The molecule has 102 valence electrons. The number of carboxylic acid groups (broad SMARTS) is 1. The van der Waals surface area contributed by atoms with Crippen LogP contribution in [0.4, 0.5) is 10.6 Å². The van der Waals surface area contributed by atoms with Crippen LogP contribution in [0.1, 0.15) is 12.8 Å². The zero-order valence-corrected chi connectivity index (χ0v) is 12.2.